The van der Waals surface area contributed by atoms with Gasteiger partial charge in [0.1, 0.15) is 0 Å². The van der Waals surface area contributed by atoms with E-state index in [1.165, 1.54) is 0 Å². The summed E-state index contributed by atoms with van der Waals surface area (Å²) in [6, 6.07) is 9.34. The van der Waals surface area contributed by atoms with Crippen LogP contribution in [-0.4, -0.2) is 33.5 Å². The zero-order valence-electron chi connectivity index (χ0n) is 14.9. The van der Waals surface area contributed by atoms with E-state index in [0.29, 0.717) is 12.1 Å². The number of aromatic nitrogens is 1. The zero-order chi connectivity index (χ0) is 18.1. The van der Waals surface area contributed by atoms with Gasteiger partial charge in [0, 0.05) is 31.0 Å². The smallest absolute Gasteiger partial charge is 0.274 e. The number of carbonyl (C=O) groups excluding carboxylic acids is 2. The van der Waals surface area contributed by atoms with Crippen molar-refractivity contribution in [1.29, 1.82) is 0 Å². The second kappa shape index (κ2) is 7.70. The number of amides is 2. The van der Waals surface area contributed by atoms with Gasteiger partial charge in [-0.3, -0.25) is 19.8 Å². The molecule has 1 aliphatic carbocycles. The van der Waals surface area contributed by atoms with E-state index in [1.807, 2.05) is 29.2 Å². The van der Waals surface area contributed by atoms with E-state index in [4.69, 9.17) is 5.21 Å². The van der Waals surface area contributed by atoms with E-state index in [0.717, 1.165) is 48.9 Å². The normalized spacial score (nSPS) is 20.9. The Morgan fingerprint density at radius 2 is 1.96 bits per heavy atom. The van der Waals surface area contributed by atoms with Crippen molar-refractivity contribution in [2.45, 2.75) is 32.2 Å². The minimum absolute atomic E-state index is 0. The van der Waals surface area contributed by atoms with E-state index in [1.54, 1.807) is 23.9 Å². The van der Waals surface area contributed by atoms with E-state index in [2.05, 4.69) is 4.98 Å². The number of benzene rings is 1. The van der Waals surface area contributed by atoms with Gasteiger partial charge in [-0.2, -0.15) is 13.5 Å². The third-order valence-corrected chi connectivity index (χ3v) is 5.70. The van der Waals surface area contributed by atoms with Crippen LogP contribution in [0.25, 0.3) is 0 Å². The van der Waals surface area contributed by atoms with Crippen LogP contribution in [0.2, 0.25) is 0 Å². The second-order valence-corrected chi connectivity index (χ2v) is 7.21. The van der Waals surface area contributed by atoms with Gasteiger partial charge in [-0.05, 0) is 66.6 Å². The largest absolute Gasteiger partial charge is 0.338 e. The van der Waals surface area contributed by atoms with Crippen molar-refractivity contribution >= 4 is 25.3 Å². The Balaban J connectivity index is 0.00000210. The van der Waals surface area contributed by atoms with Crippen LogP contribution in [0, 0.1) is 5.41 Å². The molecule has 0 unspecified atom stereocenters. The van der Waals surface area contributed by atoms with Gasteiger partial charge in [0.05, 0.1) is 5.41 Å². The van der Waals surface area contributed by atoms with Gasteiger partial charge < -0.3 is 4.90 Å². The molecule has 7 heteroatoms. The van der Waals surface area contributed by atoms with E-state index in [9.17, 15) is 9.59 Å². The summed E-state index contributed by atoms with van der Waals surface area (Å²) in [7, 11) is 0. The Bertz CT molecular complexity index is 859. The maximum Gasteiger partial charge on any atom is 0.274 e. The third kappa shape index (κ3) is 3.57. The molecule has 1 aromatic carbocycles. The number of pyridine rings is 1. The predicted octanol–water partition coefficient (Wildman–Crippen LogP) is 2.22. The van der Waals surface area contributed by atoms with Crippen LogP contribution in [0.4, 0.5) is 0 Å². The number of hydrogen-bond acceptors (Lipinski definition) is 4. The molecular formula is C20H23N3O3S. The lowest BCUT2D eigenvalue weighted by Gasteiger charge is -2.33. The first-order valence-corrected chi connectivity index (χ1v) is 8.86. The summed E-state index contributed by atoms with van der Waals surface area (Å²) < 4.78 is 0. The standard InChI is InChI=1S/C20H21N3O3.H2S/c24-18(22-26)16-1-2-17-12-20(6-3-15(17)11-16)7-10-23(19(20)25)13-14-4-8-21-9-5-14;/h1-2,4-5,8-9,11,26H,3,6-7,10,12-13H2,(H,22,24);1H2/t20-;/m1./s1. The molecule has 6 nitrogen and oxygen atoms in total. The Morgan fingerprint density at radius 1 is 1.19 bits per heavy atom. The van der Waals surface area contributed by atoms with Crippen molar-refractivity contribution in [3.8, 4) is 0 Å². The molecule has 1 spiro atoms. The molecule has 2 heterocycles. The fraction of sp³-hybridized carbons (Fsp3) is 0.350. The summed E-state index contributed by atoms with van der Waals surface area (Å²) in [5, 5.41) is 8.79. The van der Waals surface area contributed by atoms with Crippen LogP contribution in [0.5, 0.6) is 0 Å². The Hall–Kier alpha value is -2.38. The highest BCUT2D eigenvalue weighted by atomic mass is 32.1. The number of likely N-dealkylation sites (tertiary alicyclic amines) is 1. The van der Waals surface area contributed by atoms with Gasteiger partial charge in [-0.15, -0.1) is 0 Å². The molecule has 1 aromatic heterocycles. The first-order valence-electron chi connectivity index (χ1n) is 8.86. The molecule has 1 fully saturated rings. The van der Waals surface area contributed by atoms with Gasteiger partial charge in [0.25, 0.3) is 5.91 Å². The zero-order valence-corrected chi connectivity index (χ0v) is 15.9. The SMILES string of the molecule is O=C(NO)c1ccc2c(c1)CC[C@@]1(CCN(Cc3ccncc3)C1=O)C2.S. The van der Waals surface area contributed by atoms with Crippen molar-refractivity contribution in [3.63, 3.8) is 0 Å². The fourth-order valence-electron chi connectivity index (χ4n) is 4.21. The molecule has 2 amide bonds. The maximum atomic E-state index is 13.1. The fourth-order valence-corrected chi connectivity index (χ4v) is 4.21. The predicted molar refractivity (Wildman–Crippen MR) is 105 cm³/mol. The van der Waals surface area contributed by atoms with Crippen LogP contribution in [0.1, 0.15) is 39.9 Å². The number of hydroxylamine groups is 1. The van der Waals surface area contributed by atoms with Gasteiger partial charge in [-0.1, -0.05) is 6.07 Å². The molecule has 0 saturated carbocycles. The average Bonchev–Trinajstić information content (AvgIpc) is 2.97. The molecule has 0 radical (unpaired) electrons. The molecule has 0 bridgehead atoms. The van der Waals surface area contributed by atoms with E-state index >= 15 is 0 Å². The Labute approximate surface area is 165 Å². The van der Waals surface area contributed by atoms with Crippen LogP contribution >= 0.6 is 13.5 Å². The van der Waals surface area contributed by atoms with Crippen LogP contribution in [0.15, 0.2) is 42.7 Å². The van der Waals surface area contributed by atoms with Gasteiger partial charge in [-0.25, -0.2) is 5.48 Å². The number of rotatable bonds is 3. The molecule has 2 aromatic rings. The molecular weight excluding hydrogens is 362 g/mol. The lowest BCUT2D eigenvalue weighted by molar-refractivity contribution is -0.137. The van der Waals surface area contributed by atoms with Gasteiger partial charge in [0.2, 0.25) is 5.91 Å². The number of fused-ring (bicyclic) bond motifs is 1. The summed E-state index contributed by atoms with van der Waals surface area (Å²) >= 11 is 0. The minimum Gasteiger partial charge on any atom is -0.338 e. The summed E-state index contributed by atoms with van der Waals surface area (Å²) in [5.41, 5.74) is 5.12. The maximum absolute atomic E-state index is 13.1. The number of nitrogens with zero attached hydrogens (tertiary/aromatic N) is 2. The van der Waals surface area contributed by atoms with Crippen LogP contribution in [-0.2, 0) is 24.2 Å². The van der Waals surface area contributed by atoms with Gasteiger partial charge >= 0.3 is 0 Å². The lowest BCUT2D eigenvalue weighted by Crippen LogP contribution is -2.38. The van der Waals surface area contributed by atoms with Crippen LogP contribution in [0.3, 0.4) is 0 Å². The molecule has 1 atom stereocenters. The monoisotopic (exact) mass is 385 g/mol. The van der Waals surface area contributed by atoms with Crippen molar-refractivity contribution < 1.29 is 14.8 Å². The first kappa shape index (κ1) is 19.4. The van der Waals surface area contributed by atoms with Crippen molar-refractivity contribution in [3.05, 3.63) is 65.0 Å². The number of carbonyl (C=O) groups is 2. The van der Waals surface area contributed by atoms with Gasteiger partial charge in [0.15, 0.2) is 0 Å². The van der Waals surface area contributed by atoms with Crippen molar-refractivity contribution in [2.24, 2.45) is 5.41 Å². The number of nitrogens with one attached hydrogen (secondary N) is 1. The molecule has 27 heavy (non-hydrogen) atoms. The minimum atomic E-state index is -0.506. The first-order chi connectivity index (χ1) is 12.6. The molecule has 1 saturated heterocycles. The number of hydrogen-bond donors (Lipinski definition) is 2. The Morgan fingerprint density at radius 3 is 2.70 bits per heavy atom. The van der Waals surface area contributed by atoms with Crippen molar-refractivity contribution in [1.82, 2.24) is 15.4 Å². The highest BCUT2D eigenvalue weighted by molar-refractivity contribution is 7.59. The molecule has 142 valence electrons. The average molecular weight is 385 g/mol. The summed E-state index contributed by atoms with van der Waals surface area (Å²) in [4.78, 5) is 30.7. The summed E-state index contributed by atoms with van der Waals surface area (Å²) in [5.74, 6) is -0.273. The lowest BCUT2D eigenvalue weighted by atomic mass is 9.70. The Kier molecular flexibility index (Phi) is 5.53. The second-order valence-electron chi connectivity index (χ2n) is 7.21. The molecule has 4 rings (SSSR count). The van der Waals surface area contributed by atoms with E-state index < -0.39 is 5.91 Å². The van der Waals surface area contributed by atoms with E-state index in [-0.39, 0.29) is 24.8 Å². The third-order valence-electron chi connectivity index (χ3n) is 5.70. The molecule has 2 N–H and O–H groups in total. The quantitative estimate of drug-likeness (QED) is 0.627. The van der Waals surface area contributed by atoms with Crippen molar-refractivity contribution in [2.75, 3.05) is 6.54 Å². The highest BCUT2D eigenvalue weighted by Gasteiger charge is 2.47. The molecule has 1 aliphatic heterocycles. The summed E-state index contributed by atoms with van der Waals surface area (Å²) in [6.45, 7) is 1.41. The van der Waals surface area contributed by atoms with Crippen LogP contribution < -0.4 is 5.48 Å². The summed E-state index contributed by atoms with van der Waals surface area (Å²) in [6.07, 6.45) is 6.67. The topological polar surface area (TPSA) is 82.5 Å². The molecule has 2 aliphatic rings. The number of aryl methyl sites for hydroxylation is 1. The highest BCUT2D eigenvalue weighted by Crippen LogP contribution is 2.44.